The Morgan fingerprint density at radius 3 is 2.28 bits per heavy atom. The van der Waals surface area contributed by atoms with Crippen molar-refractivity contribution in [2.75, 3.05) is 26.7 Å². The molecule has 0 spiro atoms. The van der Waals surface area contributed by atoms with E-state index in [0.717, 1.165) is 69.5 Å². The van der Waals surface area contributed by atoms with Gasteiger partial charge in [0.1, 0.15) is 5.82 Å². The highest BCUT2D eigenvalue weighted by Gasteiger charge is 2.55. The fourth-order valence-corrected chi connectivity index (χ4v) is 7.18. The first kappa shape index (κ1) is 21.1. The number of nitrogens with zero attached hydrogens (tertiary/aromatic N) is 2. The summed E-state index contributed by atoms with van der Waals surface area (Å²) in [4.78, 5) is 18.2. The number of hydrogen-bond acceptors (Lipinski definition) is 2. The highest BCUT2D eigenvalue weighted by atomic mass is 35.5. The zero-order valence-electron chi connectivity index (χ0n) is 17.5. The van der Waals surface area contributed by atoms with Crippen LogP contribution >= 0.6 is 12.4 Å². The molecule has 1 aromatic carbocycles. The van der Waals surface area contributed by atoms with E-state index in [2.05, 4.69) is 16.8 Å². The van der Waals surface area contributed by atoms with E-state index >= 15 is 0 Å². The number of likely N-dealkylation sites (tertiary alicyclic amines) is 1. The zero-order valence-corrected chi connectivity index (χ0v) is 18.3. The molecule has 6 rings (SSSR count). The monoisotopic (exact) mass is 420 g/mol. The van der Waals surface area contributed by atoms with Crippen molar-refractivity contribution in [3.63, 3.8) is 0 Å². The molecule has 5 heteroatoms. The van der Waals surface area contributed by atoms with E-state index in [-0.39, 0.29) is 23.6 Å². The molecule has 4 aliphatic carbocycles. The van der Waals surface area contributed by atoms with Crippen LogP contribution < -0.4 is 0 Å². The van der Waals surface area contributed by atoms with E-state index in [9.17, 15) is 9.18 Å². The summed E-state index contributed by atoms with van der Waals surface area (Å²) in [5.41, 5.74) is 1.16. The average molecular weight is 421 g/mol. The summed E-state index contributed by atoms with van der Waals surface area (Å²) >= 11 is 0. The second kappa shape index (κ2) is 8.19. The lowest BCUT2D eigenvalue weighted by Crippen LogP contribution is -2.55. The largest absolute Gasteiger partial charge is 0.341 e. The van der Waals surface area contributed by atoms with Gasteiger partial charge < -0.3 is 9.80 Å². The van der Waals surface area contributed by atoms with Gasteiger partial charge in [-0.3, -0.25) is 4.79 Å². The SMILES string of the molecule is CN(C(=O)C12CC3CC(CC(C3)C1)C2)[C@H]1CCN(CCc2ccc(F)cc2)C1.Cl. The fourth-order valence-electron chi connectivity index (χ4n) is 7.18. The molecule has 4 bridgehead atoms. The Labute approximate surface area is 180 Å². The molecule has 5 aliphatic rings. The summed E-state index contributed by atoms with van der Waals surface area (Å²) in [5, 5.41) is 0. The Balaban J connectivity index is 0.00000205. The Kier molecular flexibility index (Phi) is 5.96. The van der Waals surface area contributed by atoms with Gasteiger partial charge in [0, 0.05) is 32.7 Å². The van der Waals surface area contributed by atoms with E-state index < -0.39 is 0 Å². The molecule has 1 saturated heterocycles. The molecule has 4 saturated carbocycles. The smallest absolute Gasteiger partial charge is 0.228 e. The number of benzene rings is 1. The molecule has 1 amide bonds. The van der Waals surface area contributed by atoms with E-state index in [1.807, 2.05) is 12.1 Å². The first-order valence-corrected chi connectivity index (χ1v) is 11.2. The Morgan fingerprint density at radius 1 is 1.10 bits per heavy atom. The summed E-state index contributed by atoms with van der Waals surface area (Å²) < 4.78 is 13.1. The third-order valence-corrected chi connectivity index (χ3v) is 8.24. The van der Waals surface area contributed by atoms with Crippen molar-refractivity contribution in [1.82, 2.24) is 9.80 Å². The van der Waals surface area contributed by atoms with Crippen LogP contribution in [0.15, 0.2) is 24.3 Å². The minimum atomic E-state index is -0.171. The van der Waals surface area contributed by atoms with Gasteiger partial charge in [-0.05, 0) is 86.8 Å². The second-order valence-electron chi connectivity index (χ2n) is 10.2. The summed E-state index contributed by atoms with van der Waals surface area (Å²) in [5.74, 6) is 2.74. The van der Waals surface area contributed by atoms with Crippen molar-refractivity contribution in [1.29, 1.82) is 0 Å². The van der Waals surface area contributed by atoms with Crippen molar-refractivity contribution < 1.29 is 9.18 Å². The number of carbonyl (C=O) groups is 1. The molecule has 1 heterocycles. The lowest BCUT2D eigenvalue weighted by atomic mass is 9.49. The minimum absolute atomic E-state index is 0. The second-order valence-corrected chi connectivity index (χ2v) is 10.2. The Morgan fingerprint density at radius 2 is 1.69 bits per heavy atom. The highest BCUT2D eigenvalue weighted by molar-refractivity contribution is 5.85. The van der Waals surface area contributed by atoms with Gasteiger partial charge in [0.25, 0.3) is 0 Å². The lowest BCUT2D eigenvalue weighted by Gasteiger charge is -2.56. The predicted octanol–water partition coefficient (Wildman–Crippen LogP) is 4.54. The number of amides is 1. The summed E-state index contributed by atoms with van der Waals surface area (Å²) in [6.45, 7) is 3.03. The van der Waals surface area contributed by atoms with Crippen LogP contribution in [-0.4, -0.2) is 48.4 Å². The quantitative estimate of drug-likeness (QED) is 0.698. The van der Waals surface area contributed by atoms with E-state index in [1.165, 1.54) is 24.8 Å². The molecule has 1 aromatic rings. The molecule has 3 nitrogen and oxygen atoms in total. The van der Waals surface area contributed by atoms with Crippen LogP contribution in [0.1, 0.15) is 50.5 Å². The third-order valence-electron chi connectivity index (χ3n) is 8.24. The Bertz CT molecular complexity index is 702. The number of rotatable bonds is 5. The molecular weight excluding hydrogens is 387 g/mol. The molecule has 1 aliphatic heterocycles. The first-order valence-electron chi connectivity index (χ1n) is 11.2. The first-order chi connectivity index (χ1) is 13.5. The molecule has 0 aromatic heterocycles. The minimum Gasteiger partial charge on any atom is -0.341 e. The van der Waals surface area contributed by atoms with Crippen LogP contribution in [0.3, 0.4) is 0 Å². The van der Waals surface area contributed by atoms with E-state index in [1.54, 1.807) is 12.1 Å². The Hall–Kier alpha value is -1.13. The molecule has 0 N–H and O–H groups in total. The fraction of sp³-hybridized carbons (Fsp3) is 0.708. The van der Waals surface area contributed by atoms with Crippen molar-refractivity contribution >= 4 is 18.3 Å². The number of halogens is 2. The number of carbonyl (C=O) groups excluding carboxylic acids is 1. The van der Waals surface area contributed by atoms with E-state index in [4.69, 9.17) is 0 Å². The van der Waals surface area contributed by atoms with Gasteiger partial charge in [-0.1, -0.05) is 12.1 Å². The maximum atomic E-state index is 13.6. The van der Waals surface area contributed by atoms with Crippen LogP contribution in [-0.2, 0) is 11.2 Å². The van der Waals surface area contributed by atoms with Gasteiger partial charge in [-0.15, -0.1) is 12.4 Å². The van der Waals surface area contributed by atoms with Crippen LogP contribution in [0.5, 0.6) is 0 Å². The topological polar surface area (TPSA) is 23.6 Å². The number of hydrogen-bond donors (Lipinski definition) is 0. The van der Waals surface area contributed by atoms with Crippen molar-refractivity contribution in [3.8, 4) is 0 Å². The van der Waals surface area contributed by atoms with Gasteiger partial charge in [-0.2, -0.15) is 0 Å². The van der Waals surface area contributed by atoms with E-state index in [0.29, 0.717) is 11.9 Å². The summed E-state index contributed by atoms with van der Waals surface area (Å²) in [6, 6.07) is 7.20. The third kappa shape index (κ3) is 4.07. The number of likely N-dealkylation sites (N-methyl/N-ethyl adjacent to an activating group) is 1. The van der Waals surface area contributed by atoms with Crippen LogP contribution in [0.4, 0.5) is 4.39 Å². The average Bonchev–Trinajstić information content (AvgIpc) is 3.14. The maximum absolute atomic E-state index is 13.6. The zero-order chi connectivity index (χ0) is 19.3. The highest BCUT2D eigenvalue weighted by Crippen LogP contribution is 2.60. The molecule has 0 radical (unpaired) electrons. The van der Waals surface area contributed by atoms with Crippen LogP contribution in [0.2, 0.25) is 0 Å². The predicted molar refractivity (Wildman–Crippen MR) is 116 cm³/mol. The van der Waals surface area contributed by atoms with Crippen LogP contribution in [0, 0.1) is 29.0 Å². The van der Waals surface area contributed by atoms with Gasteiger partial charge in [0.2, 0.25) is 5.91 Å². The summed E-state index contributed by atoms with van der Waals surface area (Å²) in [6.07, 6.45) is 9.65. The van der Waals surface area contributed by atoms with Crippen molar-refractivity contribution in [2.45, 2.75) is 57.4 Å². The molecule has 0 unspecified atom stereocenters. The standard InChI is InChI=1S/C24H33FN2O.ClH/c1-26(23(28)24-13-18-10-19(14-24)12-20(11-18)15-24)22-7-9-27(16-22)8-6-17-2-4-21(25)5-3-17;/h2-5,18-20,22H,6-16H2,1H3;1H/t18?,19?,20?,22-,24?;/m0./s1. The molecule has 5 fully saturated rings. The summed E-state index contributed by atoms with van der Waals surface area (Å²) in [7, 11) is 2.06. The molecule has 1 atom stereocenters. The molecular formula is C24H34ClFN2O. The van der Waals surface area contributed by atoms with Gasteiger partial charge >= 0.3 is 0 Å². The maximum Gasteiger partial charge on any atom is 0.228 e. The normalized spacial score (nSPS) is 35.5. The van der Waals surface area contributed by atoms with Crippen molar-refractivity contribution in [2.24, 2.45) is 23.2 Å². The van der Waals surface area contributed by atoms with Gasteiger partial charge in [-0.25, -0.2) is 4.39 Å². The van der Waals surface area contributed by atoms with Gasteiger partial charge in [0.15, 0.2) is 0 Å². The van der Waals surface area contributed by atoms with Crippen molar-refractivity contribution in [3.05, 3.63) is 35.6 Å². The van der Waals surface area contributed by atoms with Gasteiger partial charge in [0.05, 0.1) is 5.41 Å². The molecule has 160 valence electrons. The molecule has 29 heavy (non-hydrogen) atoms. The van der Waals surface area contributed by atoms with Crippen LogP contribution in [0.25, 0.3) is 0 Å². The lowest BCUT2D eigenvalue weighted by molar-refractivity contribution is -0.158.